The van der Waals surface area contributed by atoms with Gasteiger partial charge in [0.05, 0.1) is 0 Å². The van der Waals surface area contributed by atoms with Gasteiger partial charge in [-0.05, 0) is 25.5 Å². The van der Waals surface area contributed by atoms with Crippen LogP contribution in [0.3, 0.4) is 0 Å². The Hall–Kier alpha value is -2.20. The summed E-state index contributed by atoms with van der Waals surface area (Å²) in [5, 5.41) is 0. The van der Waals surface area contributed by atoms with E-state index in [0.29, 0.717) is 0 Å². The third-order valence-electron chi connectivity index (χ3n) is 4.10. The molecule has 1 aliphatic rings. The number of aromatic nitrogens is 2. The number of aryl methyl sites for hydroxylation is 2. The molecule has 0 radical (unpaired) electrons. The highest BCUT2D eigenvalue weighted by Crippen LogP contribution is 2.13. The van der Waals surface area contributed by atoms with Gasteiger partial charge in [-0.15, -0.1) is 0 Å². The van der Waals surface area contributed by atoms with Crippen LogP contribution in [0.2, 0.25) is 0 Å². The Morgan fingerprint density at radius 3 is 2.26 bits per heavy atom. The number of anilines is 1. The number of benzene rings is 1. The smallest absolute Gasteiger partial charge is 0.225 e. The van der Waals surface area contributed by atoms with Crippen LogP contribution in [-0.2, 0) is 0 Å². The maximum atomic E-state index is 4.57. The minimum absolute atomic E-state index is 0.877. The molecule has 3 rings (SSSR count). The molecule has 0 aliphatic carbocycles. The van der Waals surface area contributed by atoms with Crippen molar-refractivity contribution in [1.82, 2.24) is 14.9 Å². The molecule has 0 atom stereocenters. The van der Waals surface area contributed by atoms with E-state index in [-0.39, 0.29) is 0 Å². The molecule has 4 nitrogen and oxygen atoms in total. The average molecular weight is 308 g/mol. The van der Waals surface area contributed by atoms with Gasteiger partial charge in [-0.1, -0.05) is 42.5 Å². The topological polar surface area (TPSA) is 32.3 Å². The number of hydrogen-bond acceptors (Lipinski definition) is 4. The fourth-order valence-electron chi connectivity index (χ4n) is 2.88. The van der Waals surface area contributed by atoms with Gasteiger partial charge in [-0.25, -0.2) is 9.97 Å². The maximum Gasteiger partial charge on any atom is 0.225 e. The zero-order valence-corrected chi connectivity index (χ0v) is 13.9. The summed E-state index contributed by atoms with van der Waals surface area (Å²) >= 11 is 0. The highest BCUT2D eigenvalue weighted by molar-refractivity contribution is 5.48. The molecule has 120 valence electrons. The first kappa shape index (κ1) is 15.7. The van der Waals surface area contributed by atoms with E-state index in [4.69, 9.17) is 0 Å². The average Bonchev–Trinajstić information content (AvgIpc) is 2.56. The lowest BCUT2D eigenvalue weighted by atomic mass is 10.2. The van der Waals surface area contributed by atoms with E-state index in [2.05, 4.69) is 56.2 Å². The van der Waals surface area contributed by atoms with Gasteiger partial charge in [-0.3, -0.25) is 4.90 Å². The minimum Gasteiger partial charge on any atom is -0.338 e. The molecular weight excluding hydrogens is 284 g/mol. The fourth-order valence-corrected chi connectivity index (χ4v) is 2.88. The Labute approximate surface area is 138 Å². The van der Waals surface area contributed by atoms with Crippen LogP contribution in [0.15, 0.2) is 42.5 Å². The van der Waals surface area contributed by atoms with E-state index in [1.807, 2.05) is 26.0 Å². The summed E-state index contributed by atoms with van der Waals surface area (Å²) in [7, 11) is 0. The second-order valence-electron chi connectivity index (χ2n) is 6.05. The zero-order valence-electron chi connectivity index (χ0n) is 13.9. The summed E-state index contributed by atoms with van der Waals surface area (Å²) in [6.07, 6.45) is 4.44. The molecular formula is C19H24N4. The quantitative estimate of drug-likeness (QED) is 0.869. The van der Waals surface area contributed by atoms with Gasteiger partial charge in [0, 0.05) is 44.1 Å². The van der Waals surface area contributed by atoms with Gasteiger partial charge in [-0.2, -0.15) is 0 Å². The molecule has 1 fully saturated rings. The monoisotopic (exact) mass is 308 g/mol. The summed E-state index contributed by atoms with van der Waals surface area (Å²) in [4.78, 5) is 13.9. The molecule has 0 unspecified atom stereocenters. The SMILES string of the molecule is Cc1cc(C)nc(N2CCN(C/C=C/c3ccccc3)CC2)n1. The lowest BCUT2D eigenvalue weighted by molar-refractivity contribution is 0.283. The van der Waals surface area contributed by atoms with Gasteiger partial charge in [0.2, 0.25) is 5.95 Å². The number of nitrogens with zero attached hydrogens (tertiary/aromatic N) is 4. The van der Waals surface area contributed by atoms with Crippen molar-refractivity contribution in [1.29, 1.82) is 0 Å². The largest absolute Gasteiger partial charge is 0.338 e. The van der Waals surface area contributed by atoms with E-state index in [1.54, 1.807) is 0 Å². The second-order valence-corrected chi connectivity index (χ2v) is 6.05. The van der Waals surface area contributed by atoms with Crippen LogP contribution in [0.4, 0.5) is 5.95 Å². The fraction of sp³-hybridized carbons (Fsp3) is 0.368. The maximum absolute atomic E-state index is 4.57. The molecule has 4 heteroatoms. The van der Waals surface area contributed by atoms with Crippen molar-refractivity contribution in [2.24, 2.45) is 0 Å². The van der Waals surface area contributed by atoms with Crippen LogP contribution < -0.4 is 4.90 Å². The van der Waals surface area contributed by atoms with Gasteiger partial charge in [0.25, 0.3) is 0 Å². The molecule has 23 heavy (non-hydrogen) atoms. The molecule has 0 N–H and O–H groups in total. The number of rotatable bonds is 4. The Balaban J connectivity index is 1.51. The summed E-state index contributed by atoms with van der Waals surface area (Å²) in [6, 6.07) is 12.5. The first-order chi connectivity index (χ1) is 11.2. The predicted molar refractivity (Wildman–Crippen MR) is 95.6 cm³/mol. The van der Waals surface area contributed by atoms with Crippen molar-refractivity contribution < 1.29 is 0 Å². The molecule has 2 heterocycles. The van der Waals surface area contributed by atoms with Gasteiger partial charge >= 0.3 is 0 Å². The lowest BCUT2D eigenvalue weighted by Gasteiger charge is -2.34. The molecule has 0 spiro atoms. The van der Waals surface area contributed by atoms with Gasteiger partial charge in [0.1, 0.15) is 0 Å². The van der Waals surface area contributed by atoms with Crippen molar-refractivity contribution in [3.63, 3.8) is 0 Å². The van der Waals surface area contributed by atoms with Crippen LogP contribution >= 0.6 is 0 Å². The summed E-state index contributed by atoms with van der Waals surface area (Å²) in [5.41, 5.74) is 3.34. The molecule has 0 amide bonds. The minimum atomic E-state index is 0.877. The van der Waals surface area contributed by atoms with E-state index in [0.717, 1.165) is 50.1 Å². The zero-order chi connectivity index (χ0) is 16.1. The third-order valence-corrected chi connectivity index (χ3v) is 4.10. The molecule has 0 saturated carbocycles. The Morgan fingerprint density at radius 2 is 1.61 bits per heavy atom. The van der Waals surface area contributed by atoms with Crippen molar-refractivity contribution in [3.8, 4) is 0 Å². The standard InChI is InChI=1S/C19H24N4/c1-16-15-17(2)21-19(20-16)23-13-11-22(12-14-23)10-6-9-18-7-4-3-5-8-18/h3-9,15H,10-14H2,1-2H3/b9-6+. The molecule has 2 aromatic rings. The Bertz CT molecular complexity index is 638. The van der Waals surface area contributed by atoms with Crippen molar-refractivity contribution in [3.05, 3.63) is 59.4 Å². The highest BCUT2D eigenvalue weighted by Gasteiger charge is 2.18. The molecule has 1 aromatic heterocycles. The van der Waals surface area contributed by atoms with Crippen LogP contribution in [-0.4, -0.2) is 47.6 Å². The second kappa shape index (κ2) is 7.38. The summed E-state index contributed by atoms with van der Waals surface area (Å²) < 4.78 is 0. The van der Waals surface area contributed by atoms with E-state index in [9.17, 15) is 0 Å². The first-order valence-electron chi connectivity index (χ1n) is 8.22. The highest BCUT2D eigenvalue weighted by atomic mass is 15.3. The number of hydrogen-bond donors (Lipinski definition) is 0. The number of piperazine rings is 1. The Morgan fingerprint density at radius 1 is 0.957 bits per heavy atom. The predicted octanol–water partition coefficient (Wildman–Crippen LogP) is 2.93. The van der Waals surface area contributed by atoms with Crippen LogP contribution in [0.5, 0.6) is 0 Å². The molecule has 0 bridgehead atoms. The Kier molecular flexibility index (Phi) is 5.03. The van der Waals surface area contributed by atoms with Crippen LogP contribution in [0.25, 0.3) is 6.08 Å². The third kappa shape index (κ3) is 4.39. The molecule has 1 aliphatic heterocycles. The molecule has 1 saturated heterocycles. The summed E-state index contributed by atoms with van der Waals surface area (Å²) in [6.45, 7) is 9.14. The van der Waals surface area contributed by atoms with Gasteiger partial charge < -0.3 is 4.90 Å². The van der Waals surface area contributed by atoms with Crippen molar-refractivity contribution in [2.75, 3.05) is 37.6 Å². The van der Waals surface area contributed by atoms with Gasteiger partial charge in [0.15, 0.2) is 0 Å². The van der Waals surface area contributed by atoms with Crippen LogP contribution in [0, 0.1) is 13.8 Å². The van der Waals surface area contributed by atoms with Crippen LogP contribution in [0.1, 0.15) is 17.0 Å². The first-order valence-corrected chi connectivity index (χ1v) is 8.22. The van der Waals surface area contributed by atoms with E-state index >= 15 is 0 Å². The summed E-state index contributed by atoms with van der Waals surface area (Å²) in [5.74, 6) is 0.877. The van der Waals surface area contributed by atoms with E-state index in [1.165, 1.54) is 5.56 Å². The van der Waals surface area contributed by atoms with Crippen molar-refractivity contribution in [2.45, 2.75) is 13.8 Å². The molecule has 1 aromatic carbocycles. The lowest BCUT2D eigenvalue weighted by Crippen LogP contribution is -2.47. The van der Waals surface area contributed by atoms with E-state index < -0.39 is 0 Å². The normalized spacial score (nSPS) is 16.2. The van der Waals surface area contributed by atoms with Crippen molar-refractivity contribution >= 4 is 12.0 Å².